The molecule has 0 aliphatic rings. The molecule has 33 heavy (non-hydrogen) atoms. The highest BCUT2D eigenvalue weighted by molar-refractivity contribution is 6.33. The molecule has 0 bridgehead atoms. The molecule has 170 valence electrons. The van der Waals surface area contributed by atoms with Crippen LogP contribution in [-0.4, -0.2) is 22.1 Å². The third kappa shape index (κ3) is 5.55. The first-order valence-corrected chi connectivity index (χ1v) is 11.6. The van der Waals surface area contributed by atoms with Crippen molar-refractivity contribution in [3.8, 4) is 5.75 Å². The lowest BCUT2D eigenvalue weighted by Gasteiger charge is -2.12. The minimum Gasteiger partial charge on any atom is -0.493 e. The molecular weight excluding hydrogens is 434 g/mol. The second-order valence-corrected chi connectivity index (χ2v) is 8.56. The Bertz CT molecular complexity index is 1270. The topological polar surface area (TPSA) is 56.1 Å². The van der Waals surface area contributed by atoms with E-state index in [1.165, 1.54) is 5.56 Å². The van der Waals surface area contributed by atoms with Gasteiger partial charge in [0.15, 0.2) is 0 Å². The molecule has 1 aromatic heterocycles. The molecule has 4 aromatic rings. The second kappa shape index (κ2) is 10.5. The summed E-state index contributed by atoms with van der Waals surface area (Å²) in [6.45, 7) is 5.95. The van der Waals surface area contributed by atoms with E-state index in [0.717, 1.165) is 47.6 Å². The molecule has 0 aliphatic carbocycles. The van der Waals surface area contributed by atoms with Gasteiger partial charge in [-0.3, -0.25) is 4.79 Å². The molecule has 1 amide bonds. The summed E-state index contributed by atoms with van der Waals surface area (Å²) in [5, 5.41) is 3.40. The van der Waals surface area contributed by atoms with Crippen molar-refractivity contribution in [2.24, 2.45) is 0 Å². The minimum absolute atomic E-state index is 0.207. The zero-order valence-corrected chi connectivity index (χ0v) is 19.7. The van der Waals surface area contributed by atoms with Crippen molar-refractivity contribution in [2.45, 2.75) is 39.8 Å². The summed E-state index contributed by atoms with van der Waals surface area (Å²) in [5.74, 6) is 1.56. The molecular formula is C27H28ClN3O2. The van der Waals surface area contributed by atoms with Crippen LogP contribution in [0.4, 0.5) is 0 Å². The number of aryl methyl sites for hydroxylation is 3. The number of unbranched alkanes of at least 4 members (excludes halogenated alkanes) is 1. The standard InChI is InChI=1S/C27H28ClN3O2/c1-19-13-14-25(20(2)17-19)33-16-8-7-15-31-24-12-6-5-11-23(24)30-26(31)18-29-27(32)21-9-3-4-10-22(21)28/h3-6,9-14,17H,7-8,15-16,18H2,1-2H3,(H,29,32). The molecule has 4 rings (SSSR count). The van der Waals surface area contributed by atoms with Gasteiger partial charge >= 0.3 is 0 Å². The minimum atomic E-state index is -0.207. The van der Waals surface area contributed by atoms with Crippen LogP contribution in [0.2, 0.25) is 5.02 Å². The molecule has 0 saturated carbocycles. The van der Waals surface area contributed by atoms with E-state index < -0.39 is 0 Å². The van der Waals surface area contributed by atoms with Crippen molar-refractivity contribution in [3.63, 3.8) is 0 Å². The van der Waals surface area contributed by atoms with Gasteiger partial charge in [-0.25, -0.2) is 4.98 Å². The summed E-state index contributed by atoms with van der Waals surface area (Å²) < 4.78 is 8.15. The summed E-state index contributed by atoms with van der Waals surface area (Å²) in [6, 6.07) is 21.3. The number of nitrogens with zero attached hydrogens (tertiary/aromatic N) is 2. The van der Waals surface area contributed by atoms with Gasteiger partial charge in [-0.1, -0.05) is 53.6 Å². The molecule has 0 saturated heterocycles. The molecule has 0 fully saturated rings. The molecule has 6 heteroatoms. The number of benzene rings is 3. The number of ether oxygens (including phenoxy) is 1. The van der Waals surface area contributed by atoms with Crippen LogP contribution in [0.25, 0.3) is 11.0 Å². The Hall–Kier alpha value is -3.31. The lowest BCUT2D eigenvalue weighted by molar-refractivity contribution is 0.0949. The van der Waals surface area contributed by atoms with Gasteiger partial charge in [0.25, 0.3) is 5.91 Å². The highest BCUT2D eigenvalue weighted by atomic mass is 35.5. The largest absolute Gasteiger partial charge is 0.493 e. The lowest BCUT2D eigenvalue weighted by atomic mass is 10.1. The fourth-order valence-corrected chi connectivity index (χ4v) is 4.15. The third-order valence-corrected chi connectivity index (χ3v) is 5.95. The number of carbonyl (C=O) groups is 1. The Kier molecular flexibility index (Phi) is 7.30. The monoisotopic (exact) mass is 461 g/mol. The highest BCUT2D eigenvalue weighted by Crippen LogP contribution is 2.20. The maximum atomic E-state index is 12.6. The molecule has 1 heterocycles. The van der Waals surface area contributed by atoms with Gasteiger partial charge in [0.1, 0.15) is 11.6 Å². The number of hydrogen-bond donors (Lipinski definition) is 1. The zero-order chi connectivity index (χ0) is 23.2. The number of aromatic nitrogens is 2. The number of halogens is 1. The summed E-state index contributed by atoms with van der Waals surface area (Å²) >= 11 is 6.16. The quantitative estimate of drug-likeness (QED) is 0.306. The van der Waals surface area contributed by atoms with E-state index in [4.69, 9.17) is 21.3 Å². The predicted octanol–water partition coefficient (Wildman–Crippen LogP) is 6.10. The molecule has 5 nitrogen and oxygen atoms in total. The fraction of sp³-hybridized carbons (Fsp3) is 0.259. The Morgan fingerprint density at radius 1 is 1.03 bits per heavy atom. The molecule has 0 atom stereocenters. The average Bonchev–Trinajstić information content (AvgIpc) is 3.16. The number of nitrogens with one attached hydrogen (secondary N) is 1. The van der Waals surface area contributed by atoms with E-state index in [1.807, 2.05) is 30.3 Å². The predicted molar refractivity (Wildman–Crippen MR) is 133 cm³/mol. The maximum Gasteiger partial charge on any atom is 0.253 e. The summed E-state index contributed by atoms with van der Waals surface area (Å²) in [5.41, 5.74) is 4.85. The van der Waals surface area contributed by atoms with Crippen LogP contribution in [-0.2, 0) is 13.1 Å². The van der Waals surface area contributed by atoms with Gasteiger partial charge in [0.2, 0.25) is 0 Å². The van der Waals surface area contributed by atoms with E-state index in [0.29, 0.717) is 23.7 Å². The number of para-hydroxylation sites is 2. The number of rotatable bonds is 9. The first kappa shape index (κ1) is 22.9. The lowest BCUT2D eigenvalue weighted by Crippen LogP contribution is -2.25. The average molecular weight is 462 g/mol. The van der Waals surface area contributed by atoms with Crippen LogP contribution in [0.5, 0.6) is 5.75 Å². The summed E-state index contributed by atoms with van der Waals surface area (Å²) in [6.07, 6.45) is 1.86. The zero-order valence-electron chi connectivity index (χ0n) is 19.0. The van der Waals surface area contributed by atoms with E-state index in [9.17, 15) is 4.79 Å². The van der Waals surface area contributed by atoms with Crippen LogP contribution in [0, 0.1) is 13.8 Å². The van der Waals surface area contributed by atoms with Gasteiger partial charge < -0.3 is 14.6 Å². The molecule has 0 aliphatic heterocycles. The molecule has 3 aromatic carbocycles. The van der Waals surface area contributed by atoms with E-state index in [1.54, 1.807) is 18.2 Å². The number of amides is 1. The van der Waals surface area contributed by atoms with Crippen molar-refractivity contribution >= 4 is 28.5 Å². The van der Waals surface area contributed by atoms with Crippen LogP contribution < -0.4 is 10.1 Å². The Morgan fingerprint density at radius 2 is 1.82 bits per heavy atom. The summed E-state index contributed by atoms with van der Waals surface area (Å²) in [4.78, 5) is 17.3. The highest BCUT2D eigenvalue weighted by Gasteiger charge is 2.14. The van der Waals surface area contributed by atoms with Gasteiger partial charge in [-0.05, 0) is 62.6 Å². The Morgan fingerprint density at radius 3 is 2.64 bits per heavy atom. The third-order valence-electron chi connectivity index (χ3n) is 5.62. The molecule has 0 radical (unpaired) electrons. The van der Waals surface area contributed by atoms with Gasteiger partial charge in [-0.2, -0.15) is 0 Å². The van der Waals surface area contributed by atoms with Crippen molar-refractivity contribution in [2.75, 3.05) is 6.61 Å². The molecule has 1 N–H and O–H groups in total. The first-order valence-electron chi connectivity index (χ1n) is 11.2. The number of carbonyl (C=O) groups excluding carboxylic acids is 1. The van der Waals surface area contributed by atoms with Crippen LogP contribution >= 0.6 is 11.6 Å². The van der Waals surface area contributed by atoms with Gasteiger partial charge in [-0.15, -0.1) is 0 Å². The number of imidazole rings is 1. The van der Waals surface area contributed by atoms with E-state index in [2.05, 4.69) is 41.9 Å². The van der Waals surface area contributed by atoms with Crippen molar-refractivity contribution in [1.82, 2.24) is 14.9 Å². The van der Waals surface area contributed by atoms with Crippen LogP contribution in [0.15, 0.2) is 66.7 Å². The summed E-state index contributed by atoms with van der Waals surface area (Å²) in [7, 11) is 0. The maximum absolute atomic E-state index is 12.6. The van der Waals surface area contributed by atoms with Gasteiger partial charge in [0, 0.05) is 6.54 Å². The number of hydrogen-bond acceptors (Lipinski definition) is 3. The fourth-order valence-electron chi connectivity index (χ4n) is 3.93. The Labute approximate surface area is 199 Å². The van der Waals surface area contributed by atoms with E-state index in [-0.39, 0.29) is 5.91 Å². The Balaban J connectivity index is 1.38. The SMILES string of the molecule is Cc1ccc(OCCCCn2c(CNC(=O)c3ccccc3Cl)nc3ccccc32)c(C)c1. The van der Waals surface area contributed by atoms with Crippen molar-refractivity contribution < 1.29 is 9.53 Å². The molecule has 0 spiro atoms. The molecule has 0 unspecified atom stereocenters. The number of fused-ring (bicyclic) bond motifs is 1. The van der Waals surface area contributed by atoms with Crippen molar-refractivity contribution in [3.05, 3.63) is 94.3 Å². The smallest absolute Gasteiger partial charge is 0.253 e. The van der Waals surface area contributed by atoms with Crippen LogP contribution in [0.1, 0.15) is 40.2 Å². The van der Waals surface area contributed by atoms with E-state index >= 15 is 0 Å². The van der Waals surface area contributed by atoms with Crippen LogP contribution in [0.3, 0.4) is 0 Å². The van der Waals surface area contributed by atoms with Gasteiger partial charge in [0.05, 0.1) is 34.8 Å². The normalized spacial score (nSPS) is 11.0. The first-order chi connectivity index (χ1) is 16.0. The second-order valence-electron chi connectivity index (χ2n) is 8.16. The van der Waals surface area contributed by atoms with Crippen molar-refractivity contribution in [1.29, 1.82) is 0 Å².